The van der Waals surface area contributed by atoms with Gasteiger partial charge < -0.3 is 0 Å². The molecule has 4 heteroatoms. The molecule has 1 heterocycles. The number of rotatable bonds is 5. The van der Waals surface area contributed by atoms with Crippen LogP contribution in [0.5, 0.6) is 0 Å². The molecule has 0 radical (unpaired) electrons. The first-order chi connectivity index (χ1) is 15.4. The molecule has 0 fully saturated rings. The first-order valence-corrected chi connectivity index (χ1v) is 10.2. The average molecular weight is 401 g/mol. The van der Waals surface area contributed by atoms with Crippen LogP contribution in [0.15, 0.2) is 115 Å². The van der Waals surface area contributed by atoms with Gasteiger partial charge >= 0.3 is 5.82 Å². The van der Waals surface area contributed by atoms with Crippen molar-refractivity contribution >= 4 is 12.2 Å². The normalized spacial score (nSPS) is 11.1. The Morgan fingerprint density at radius 2 is 1.13 bits per heavy atom. The zero-order valence-electron chi connectivity index (χ0n) is 16.9. The summed E-state index contributed by atoms with van der Waals surface area (Å²) in [5.74, 6) is 0.678. The van der Waals surface area contributed by atoms with Crippen molar-refractivity contribution in [2.24, 2.45) is 0 Å². The van der Waals surface area contributed by atoms with Gasteiger partial charge in [-0.05, 0) is 57.4 Å². The number of hydrogen-bond acceptors (Lipinski definition) is 2. The maximum atomic E-state index is 4.80. The van der Waals surface area contributed by atoms with Gasteiger partial charge in [-0.1, -0.05) is 91.0 Å². The summed E-state index contributed by atoms with van der Waals surface area (Å²) in [6.07, 6.45) is 4.23. The number of tetrazole rings is 1. The van der Waals surface area contributed by atoms with E-state index < -0.39 is 0 Å². The monoisotopic (exact) mass is 401 g/mol. The van der Waals surface area contributed by atoms with Crippen LogP contribution in [0.2, 0.25) is 0 Å². The van der Waals surface area contributed by atoms with Crippen LogP contribution in [0, 0.1) is 0 Å². The minimum Gasteiger partial charge on any atom is -0.0622 e. The molecule has 0 spiro atoms. The molecule has 0 saturated heterocycles. The van der Waals surface area contributed by atoms with Crippen LogP contribution in [0.3, 0.4) is 0 Å². The lowest BCUT2D eigenvalue weighted by Crippen LogP contribution is -2.43. The zero-order chi connectivity index (χ0) is 20.9. The van der Waals surface area contributed by atoms with E-state index in [2.05, 4.69) is 48.6 Å². The van der Waals surface area contributed by atoms with E-state index >= 15 is 0 Å². The van der Waals surface area contributed by atoms with Gasteiger partial charge in [0.2, 0.25) is 0 Å². The second kappa shape index (κ2) is 8.59. The average Bonchev–Trinajstić information content (AvgIpc) is 3.30. The van der Waals surface area contributed by atoms with Gasteiger partial charge in [0.15, 0.2) is 5.69 Å². The van der Waals surface area contributed by atoms with E-state index in [0.29, 0.717) is 5.82 Å². The van der Waals surface area contributed by atoms with E-state index in [9.17, 15) is 0 Å². The first-order valence-electron chi connectivity index (χ1n) is 10.2. The molecule has 0 atom stereocenters. The Kier molecular flexibility index (Phi) is 5.18. The Hall–Kier alpha value is -4.31. The second-order valence-electron chi connectivity index (χ2n) is 7.14. The largest absolute Gasteiger partial charge is 0.340 e. The molecule has 5 aromatic rings. The lowest BCUT2D eigenvalue weighted by molar-refractivity contribution is -0.734. The summed E-state index contributed by atoms with van der Waals surface area (Å²) in [5, 5.41) is 9.58. The predicted molar refractivity (Wildman–Crippen MR) is 124 cm³/mol. The maximum Gasteiger partial charge on any atom is 0.340 e. The SMILES string of the molecule is C(=C\c1ccc(-[n+]2nc(-c3ccccc3)nn2-c2ccccc2)cc1)/c1ccccc1. The van der Waals surface area contributed by atoms with E-state index in [1.165, 1.54) is 5.56 Å². The smallest absolute Gasteiger partial charge is 0.0622 e. The third kappa shape index (κ3) is 4.19. The van der Waals surface area contributed by atoms with Gasteiger partial charge in [0, 0.05) is 4.80 Å². The molecule has 0 saturated carbocycles. The van der Waals surface area contributed by atoms with Crippen LogP contribution in [-0.4, -0.2) is 15.0 Å². The summed E-state index contributed by atoms with van der Waals surface area (Å²) in [6, 6.07) is 38.7. The Balaban J connectivity index is 1.51. The molecule has 0 amide bonds. The van der Waals surface area contributed by atoms with Crippen molar-refractivity contribution in [2.45, 2.75) is 0 Å². The number of aromatic nitrogens is 4. The fourth-order valence-electron chi connectivity index (χ4n) is 3.36. The topological polar surface area (TPSA) is 34.6 Å². The van der Waals surface area contributed by atoms with E-state index in [4.69, 9.17) is 10.2 Å². The highest BCUT2D eigenvalue weighted by molar-refractivity contribution is 5.69. The van der Waals surface area contributed by atoms with Crippen LogP contribution >= 0.6 is 0 Å². The minimum absolute atomic E-state index is 0.678. The third-order valence-corrected chi connectivity index (χ3v) is 4.97. The molecule has 4 nitrogen and oxygen atoms in total. The summed E-state index contributed by atoms with van der Waals surface area (Å²) in [7, 11) is 0. The number of benzene rings is 4. The van der Waals surface area contributed by atoms with Crippen LogP contribution in [0.1, 0.15) is 11.1 Å². The van der Waals surface area contributed by atoms with Crippen LogP contribution < -0.4 is 4.80 Å². The van der Waals surface area contributed by atoms with Crippen LogP contribution in [0.25, 0.3) is 34.9 Å². The van der Waals surface area contributed by atoms with Crippen molar-refractivity contribution in [3.8, 4) is 22.8 Å². The molecule has 0 N–H and O–H groups in total. The third-order valence-electron chi connectivity index (χ3n) is 4.97. The standard InChI is InChI=1S/C27H21N4/c1-4-10-22(11-5-1)16-17-23-18-20-26(21-19-23)31-29-27(24-12-6-2-7-13-24)28-30(31)25-14-8-3-9-15-25/h1-21H/q+1/b17-16+. The number of hydrogen-bond donors (Lipinski definition) is 0. The molecule has 0 aliphatic carbocycles. The molecule has 31 heavy (non-hydrogen) atoms. The van der Waals surface area contributed by atoms with Crippen molar-refractivity contribution in [1.82, 2.24) is 15.0 Å². The molecule has 0 bridgehead atoms. The van der Waals surface area contributed by atoms with Crippen molar-refractivity contribution in [2.75, 3.05) is 0 Å². The highest BCUT2D eigenvalue weighted by atomic mass is 15.7. The molecular formula is C27H21N4+. The molecular weight excluding hydrogens is 380 g/mol. The van der Waals surface area contributed by atoms with E-state index in [1.807, 2.05) is 88.5 Å². The van der Waals surface area contributed by atoms with Crippen LogP contribution in [0.4, 0.5) is 0 Å². The Morgan fingerprint density at radius 3 is 1.77 bits per heavy atom. The van der Waals surface area contributed by atoms with Gasteiger partial charge in [-0.2, -0.15) is 0 Å². The summed E-state index contributed by atoms with van der Waals surface area (Å²) >= 11 is 0. The van der Waals surface area contributed by atoms with Gasteiger partial charge in [0.1, 0.15) is 5.69 Å². The molecule has 1 aromatic heterocycles. The summed E-state index contributed by atoms with van der Waals surface area (Å²) < 4.78 is 0. The van der Waals surface area contributed by atoms with Gasteiger partial charge in [-0.15, -0.1) is 0 Å². The van der Waals surface area contributed by atoms with Crippen molar-refractivity contribution in [3.05, 3.63) is 126 Å². The summed E-state index contributed by atoms with van der Waals surface area (Å²) in [4.78, 5) is 3.67. The quantitative estimate of drug-likeness (QED) is 0.293. The number of nitrogens with zero attached hydrogens (tertiary/aromatic N) is 4. The van der Waals surface area contributed by atoms with Crippen molar-refractivity contribution in [1.29, 1.82) is 0 Å². The van der Waals surface area contributed by atoms with Crippen molar-refractivity contribution < 1.29 is 4.80 Å². The first kappa shape index (κ1) is 18.7. The molecule has 0 unspecified atom stereocenters. The summed E-state index contributed by atoms with van der Waals surface area (Å²) in [6.45, 7) is 0. The van der Waals surface area contributed by atoms with Gasteiger partial charge in [-0.25, -0.2) is 0 Å². The fraction of sp³-hybridized carbons (Fsp3) is 0. The lowest BCUT2D eigenvalue weighted by atomic mass is 10.1. The Bertz CT molecular complexity index is 1290. The Morgan fingerprint density at radius 1 is 0.581 bits per heavy atom. The predicted octanol–water partition coefficient (Wildman–Crippen LogP) is 5.38. The van der Waals surface area contributed by atoms with E-state index in [1.54, 1.807) is 0 Å². The molecule has 0 aliphatic heterocycles. The van der Waals surface area contributed by atoms with Gasteiger partial charge in [0.25, 0.3) is 0 Å². The highest BCUT2D eigenvalue weighted by Gasteiger charge is 2.22. The molecule has 0 aliphatic rings. The molecule has 5 rings (SSSR count). The van der Waals surface area contributed by atoms with E-state index in [0.717, 1.165) is 22.5 Å². The second-order valence-corrected chi connectivity index (χ2v) is 7.14. The Labute approximate surface area is 181 Å². The van der Waals surface area contributed by atoms with Crippen LogP contribution in [-0.2, 0) is 0 Å². The number of para-hydroxylation sites is 1. The summed E-state index contributed by atoms with van der Waals surface area (Å²) in [5.41, 5.74) is 5.17. The molecule has 148 valence electrons. The maximum absolute atomic E-state index is 4.80. The fourth-order valence-corrected chi connectivity index (χ4v) is 3.36. The minimum atomic E-state index is 0.678. The van der Waals surface area contributed by atoms with Crippen molar-refractivity contribution in [3.63, 3.8) is 0 Å². The van der Waals surface area contributed by atoms with Gasteiger partial charge in [-0.3, -0.25) is 0 Å². The molecule has 4 aromatic carbocycles. The van der Waals surface area contributed by atoms with Gasteiger partial charge in [0.05, 0.1) is 10.7 Å². The highest BCUT2D eigenvalue weighted by Crippen LogP contribution is 2.15. The lowest BCUT2D eigenvalue weighted by Gasteiger charge is -2.00. The van der Waals surface area contributed by atoms with E-state index in [-0.39, 0.29) is 0 Å². The zero-order valence-corrected chi connectivity index (χ0v) is 16.9.